The van der Waals surface area contributed by atoms with Gasteiger partial charge in [0, 0.05) is 118 Å². The Hall–Kier alpha value is -13.8. The number of nitrogens with one attached hydrogen (secondary N) is 7. The van der Waals surface area contributed by atoms with E-state index in [1.807, 2.05) is 34.4 Å². The zero-order chi connectivity index (χ0) is 105. The first-order valence-electron chi connectivity index (χ1n) is 47.7. The van der Waals surface area contributed by atoms with Crippen LogP contribution in [0.2, 0.25) is 0 Å². The fraction of sp³-hybridized carbons (Fsp3) is 0.402. The van der Waals surface area contributed by atoms with Gasteiger partial charge in [-0.3, -0.25) is 28.9 Å². The van der Waals surface area contributed by atoms with Gasteiger partial charge in [-0.15, -0.1) is 0 Å². The molecule has 14 heterocycles. The van der Waals surface area contributed by atoms with Crippen LogP contribution in [-0.2, 0) is 46.6 Å². The third kappa shape index (κ3) is 26.9. The van der Waals surface area contributed by atoms with E-state index in [1.165, 1.54) is 119 Å². The summed E-state index contributed by atoms with van der Waals surface area (Å²) in [6, 6.07) is 41.0. The summed E-state index contributed by atoms with van der Waals surface area (Å²) in [6.45, 7) is 34.5. The van der Waals surface area contributed by atoms with E-state index in [9.17, 15) is 70.8 Å². The molecule has 5 saturated heterocycles. The maximum atomic E-state index is 14.8. The first-order valence-corrected chi connectivity index (χ1v) is 53.6. The van der Waals surface area contributed by atoms with E-state index < -0.39 is 97.2 Å². The lowest BCUT2D eigenvalue weighted by atomic mass is 9.97. The Morgan fingerprint density at radius 3 is 1.32 bits per heavy atom. The normalized spacial score (nSPS) is 17.9. The minimum Gasteiger partial charge on any atom is -0.496 e. The van der Waals surface area contributed by atoms with Gasteiger partial charge < -0.3 is 49.6 Å². The van der Waals surface area contributed by atoms with Crippen LogP contribution in [0.25, 0.3) is 11.3 Å². The van der Waals surface area contributed by atoms with Crippen LogP contribution in [0, 0.1) is 41.1 Å². The zero-order valence-electron chi connectivity index (χ0n) is 83.7. The quantitative estimate of drug-likeness (QED) is 0.0206. The van der Waals surface area contributed by atoms with E-state index in [4.69, 9.17) is 9.47 Å². The second-order valence-corrected chi connectivity index (χ2v) is 45.8. The van der Waals surface area contributed by atoms with Crippen molar-refractivity contribution in [2.75, 3.05) is 108 Å². The number of sulfonamides is 4. The summed E-state index contributed by atoms with van der Waals surface area (Å²) in [5.74, 6) is 0.00703. The van der Waals surface area contributed by atoms with Gasteiger partial charge >= 0.3 is 0 Å². The Morgan fingerprint density at radius 1 is 0.441 bits per heavy atom. The lowest BCUT2D eigenvalue weighted by molar-refractivity contribution is 0.0972. The molecular formula is C102H124F3N21O15S4. The van der Waals surface area contributed by atoms with Gasteiger partial charge in [-0.25, -0.2) is 75.4 Å². The highest BCUT2D eigenvalue weighted by Crippen LogP contribution is 2.44. The van der Waals surface area contributed by atoms with Crippen molar-refractivity contribution in [2.45, 2.75) is 190 Å². The first-order chi connectivity index (χ1) is 68.6. The zero-order valence-corrected chi connectivity index (χ0v) is 86.9. The maximum Gasteiger partial charge on any atom is 0.281 e. The summed E-state index contributed by atoms with van der Waals surface area (Å²) in [5.41, 5.74) is -0.671. The highest BCUT2D eigenvalue weighted by atomic mass is 32.2. The Morgan fingerprint density at radius 2 is 0.869 bits per heavy atom. The van der Waals surface area contributed by atoms with Crippen molar-refractivity contribution in [3.8, 4) is 22.9 Å². The molecule has 4 atom stereocenters. The van der Waals surface area contributed by atoms with Crippen molar-refractivity contribution in [2.24, 2.45) is 23.7 Å². The molecule has 0 radical (unpaired) electrons. The number of ether oxygens (including phenoxy) is 2. The Balaban J connectivity index is 0.000000162. The van der Waals surface area contributed by atoms with Gasteiger partial charge in [0.2, 0.25) is 5.88 Å². The molecule has 2 aromatic carbocycles. The molecule has 5 aliphatic rings. The van der Waals surface area contributed by atoms with Gasteiger partial charge in [0.05, 0.1) is 47.7 Å². The Labute approximate surface area is 844 Å². The third-order valence-electron chi connectivity index (χ3n) is 25.6. The van der Waals surface area contributed by atoms with E-state index in [1.54, 1.807) is 85.3 Å². The van der Waals surface area contributed by atoms with Crippen molar-refractivity contribution in [3.63, 3.8) is 0 Å². The minimum atomic E-state index is -4.47. The number of unbranched alkanes of at least 4 members (excludes halogenated alkanes) is 3. The number of carbonyl (C=O) groups is 4. The summed E-state index contributed by atoms with van der Waals surface area (Å²) in [7, 11) is -14.3. The Bertz CT molecular complexity index is 7090. The van der Waals surface area contributed by atoms with Gasteiger partial charge in [-0.2, -0.15) is 30.2 Å². The van der Waals surface area contributed by atoms with E-state index in [2.05, 4.69) is 165 Å². The highest BCUT2D eigenvalue weighted by Gasteiger charge is 2.45. The molecule has 43 heteroatoms. The van der Waals surface area contributed by atoms with Gasteiger partial charge in [-0.1, -0.05) is 84.2 Å². The number of piperazine rings is 1. The molecule has 5 aliphatic heterocycles. The molecule has 772 valence electrons. The SMILES string of the molecule is CC1CN(c2ncccc2C(=O)NS(=O)(=O)c2cccc(NCc3cc(F)cc(F)c3)n2)C(C)(C)C1.CCCCCCN1CCN(c2cccc(S(=O)(=O)NC(=O)c3cccnc3N3CC(C)CC3(C)C)n2)CC1.COc1cccc(F)c1-c1ccc(C(=O)NS(=O)(=O)c2ccc[nH]c2=O)c(N2C[C@@H](C)CC2(C)C)n1.COc1cccc(Nc2cccc(S(=O)(=O)NC(=O)c3cccnc3N3CC(C)CC3(C)C)n2)n1. The monoisotopic (exact) mass is 2070 g/mol. The summed E-state index contributed by atoms with van der Waals surface area (Å²) in [6.07, 6.45) is 14.7. The molecule has 3 unspecified atom stereocenters. The number of halogens is 3. The van der Waals surface area contributed by atoms with Crippen molar-refractivity contribution in [1.29, 1.82) is 0 Å². The lowest BCUT2D eigenvalue weighted by Gasteiger charge is -2.35. The number of carbonyl (C=O) groups excluding carboxylic acids is 4. The third-order valence-corrected chi connectivity index (χ3v) is 30.6. The topological polar surface area (TPSA) is 451 Å². The van der Waals surface area contributed by atoms with Crippen LogP contribution >= 0.6 is 0 Å². The Kier molecular flexibility index (Phi) is 34.2. The summed E-state index contributed by atoms with van der Waals surface area (Å²) >= 11 is 0. The number of aromatic amines is 1. The number of amides is 4. The van der Waals surface area contributed by atoms with E-state index in [-0.39, 0.29) is 101 Å². The second kappa shape index (κ2) is 45.7. The fourth-order valence-corrected chi connectivity index (χ4v) is 23.1. The minimum absolute atomic E-state index is 0.0145. The van der Waals surface area contributed by atoms with Crippen LogP contribution < -0.4 is 69.1 Å². The number of rotatable bonds is 30. The molecular weight excluding hydrogens is 1940 g/mol. The van der Waals surface area contributed by atoms with Crippen LogP contribution in [0.3, 0.4) is 0 Å². The molecule has 9 aromatic heterocycles. The molecule has 0 aliphatic carbocycles. The summed E-state index contributed by atoms with van der Waals surface area (Å²) in [4.78, 5) is 114. The molecule has 36 nitrogen and oxygen atoms in total. The second-order valence-electron chi connectivity index (χ2n) is 39.3. The fourth-order valence-electron chi connectivity index (χ4n) is 19.3. The number of hydrogen-bond donors (Lipinski definition) is 7. The van der Waals surface area contributed by atoms with Crippen LogP contribution in [0.4, 0.5) is 59.7 Å². The maximum absolute atomic E-state index is 14.8. The summed E-state index contributed by atoms with van der Waals surface area (Å²) in [5, 5.41) is 4.92. The standard InChI is InChI=1S/C28H42N6O3S.C25H27F2N5O3S.C25H27FN4O5S.C24H28N6O4S/c1-5-6-7-8-15-32-16-18-33(19-17-32)24-12-9-13-25(30-24)38(36,37)31-27(35)23-11-10-14-29-26(23)34-21-22(2)20-28(34,3)4;1-16-13-25(2,3)32(15-16)23-20(6-5-9-28-23)24(33)31-36(34,35)22-8-4-7-21(30-22)29-14-17-10-18(26)12-19(27)11-17;1-15-13-25(2,3)30(14-15)22-16(23(31)29-36(33,34)20-9-6-12-27-24(20)32)10-11-18(28-22)21-17(26)7-5-8-19(21)35-4;1-16-14-24(2,3)30(15-16)22-17(8-7-13-25-22)23(31)29-35(32,33)21-12-6-10-19(28-21)26-18-9-5-11-20(27-18)34-4/h9-14,22H,5-8,15-21H2,1-4H3,(H,31,35);4-12,16H,13-15H2,1-3H3,(H,29,30)(H,31,33);5-12,15H,13-14H2,1-4H3,(H,27,32)(H,29,31);5-13,16H,14-15H2,1-4H3,(H,29,31)(H,26,27,28)/t;;15-;/m..0./s1. The van der Waals surface area contributed by atoms with Gasteiger partial charge in [0.15, 0.2) is 20.0 Å². The van der Waals surface area contributed by atoms with Crippen molar-refractivity contribution < 1.29 is 75.5 Å². The van der Waals surface area contributed by atoms with Crippen LogP contribution in [0.15, 0.2) is 219 Å². The molecule has 4 amide bonds. The first kappa shape index (κ1) is 108. The van der Waals surface area contributed by atoms with Gasteiger partial charge in [-0.05, 0) is 251 Å². The molecule has 0 bridgehead atoms. The molecule has 0 saturated carbocycles. The number of nitrogens with zero attached hydrogens (tertiary/aromatic N) is 14. The number of H-pyrrole nitrogens is 1. The van der Waals surface area contributed by atoms with E-state index >= 15 is 0 Å². The molecule has 5 fully saturated rings. The number of hydrogen-bond acceptors (Lipinski definition) is 31. The van der Waals surface area contributed by atoms with Crippen LogP contribution in [0.5, 0.6) is 11.6 Å². The van der Waals surface area contributed by atoms with Gasteiger partial charge in [0.25, 0.3) is 69.3 Å². The van der Waals surface area contributed by atoms with Crippen molar-refractivity contribution in [3.05, 3.63) is 250 Å². The van der Waals surface area contributed by atoms with E-state index in [0.717, 1.165) is 95.8 Å². The molecule has 11 aromatic rings. The van der Waals surface area contributed by atoms with Crippen LogP contribution in [-0.4, -0.2) is 202 Å². The van der Waals surface area contributed by atoms with Crippen LogP contribution in [0.1, 0.15) is 188 Å². The molecule has 16 rings (SSSR count). The number of pyridine rings is 9. The largest absolute Gasteiger partial charge is 0.496 e. The number of methoxy groups -OCH3 is 2. The highest BCUT2D eigenvalue weighted by molar-refractivity contribution is 7.91. The average molecular weight is 2070 g/mol. The predicted molar refractivity (Wildman–Crippen MR) is 549 cm³/mol. The predicted octanol–water partition coefficient (Wildman–Crippen LogP) is 14.7. The molecule has 7 N–H and O–H groups in total. The molecule has 0 spiro atoms. The van der Waals surface area contributed by atoms with E-state index in [0.29, 0.717) is 71.4 Å². The van der Waals surface area contributed by atoms with Gasteiger partial charge in [0.1, 0.15) is 69.7 Å². The lowest BCUT2D eigenvalue weighted by Crippen LogP contribution is -2.47. The summed E-state index contributed by atoms with van der Waals surface area (Å²) < 4.78 is 165. The van der Waals surface area contributed by atoms with Crippen molar-refractivity contribution >= 4 is 110 Å². The van der Waals surface area contributed by atoms with Crippen molar-refractivity contribution in [1.82, 2.24) is 68.6 Å². The number of aromatic nitrogens is 9. The smallest absolute Gasteiger partial charge is 0.281 e. The number of benzene rings is 2. The number of anilines is 8. The molecule has 145 heavy (non-hydrogen) atoms. The average Bonchev–Trinajstić information content (AvgIpc) is 1.74.